The van der Waals surface area contributed by atoms with Crippen LogP contribution in [0.15, 0.2) is 35.3 Å². The maximum atomic E-state index is 5.80. The number of hydrogen-bond acceptors (Lipinski definition) is 2. The van der Waals surface area contributed by atoms with E-state index in [0.29, 0.717) is 0 Å². The minimum atomic E-state index is 0.739. The van der Waals surface area contributed by atoms with E-state index in [9.17, 15) is 0 Å². The third-order valence-electron chi connectivity index (χ3n) is 3.52. The summed E-state index contributed by atoms with van der Waals surface area (Å²) in [5, 5.41) is 0. The van der Waals surface area contributed by atoms with Crippen LogP contribution in [0, 0.1) is 5.92 Å². The molecule has 0 heterocycles. The van der Waals surface area contributed by atoms with Crippen molar-refractivity contribution in [3.8, 4) is 0 Å². The molecule has 0 aromatic rings. The largest absolute Gasteiger partial charge is 0.497 e. The lowest BCUT2D eigenvalue weighted by Crippen LogP contribution is -2.00. The van der Waals surface area contributed by atoms with E-state index in [1.165, 1.54) is 31.3 Å². The molecule has 0 spiro atoms. The summed E-state index contributed by atoms with van der Waals surface area (Å²) in [7, 11) is 1.70. The van der Waals surface area contributed by atoms with Gasteiger partial charge >= 0.3 is 0 Å². The second kappa shape index (κ2) is 13.5. The first-order valence-corrected chi connectivity index (χ1v) is 8.79. The van der Waals surface area contributed by atoms with Crippen LogP contribution in [0.4, 0.5) is 0 Å². The summed E-state index contributed by atoms with van der Waals surface area (Å²) in [5.74, 6) is 2.54. The Kier molecular flexibility index (Phi) is 12.8. The van der Waals surface area contributed by atoms with Gasteiger partial charge in [-0.05, 0) is 31.8 Å². The summed E-state index contributed by atoms with van der Waals surface area (Å²) in [4.78, 5) is 0. The number of methoxy groups -OCH3 is 1. The summed E-state index contributed by atoms with van der Waals surface area (Å²) in [6.07, 6.45) is 13.4. The zero-order valence-electron chi connectivity index (χ0n) is 15.6. The van der Waals surface area contributed by atoms with Crippen molar-refractivity contribution < 1.29 is 9.47 Å². The van der Waals surface area contributed by atoms with Gasteiger partial charge in [0.2, 0.25) is 0 Å². The topological polar surface area (TPSA) is 18.5 Å². The van der Waals surface area contributed by atoms with Gasteiger partial charge in [-0.2, -0.15) is 0 Å². The Labute approximate surface area is 138 Å². The maximum Gasteiger partial charge on any atom is 0.157 e. The van der Waals surface area contributed by atoms with Crippen molar-refractivity contribution >= 4 is 0 Å². The van der Waals surface area contributed by atoms with Gasteiger partial charge in [0.1, 0.15) is 5.76 Å². The van der Waals surface area contributed by atoms with Crippen molar-refractivity contribution in [2.45, 2.75) is 73.1 Å². The maximum absolute atomic E-state index is 5.80. The van der Waals surface area contributed by atoms with Crippen LogP contribution < -0.4 is 0 Å². The Morgan fingerprint density at radius 1 is 1.09 bits per heavy atom. The summed E-state index contributed by atoms with van der Waals surface area (Å²) in [5.41, 5.74) is 1.25. The van der Waals surface area contributed by atoms with E-state index in [0.717, 1.165) is 36.9 Å². The van der Waals surface area contributed by atoms with Crippen molar-refractivity contribution in [2.24, 2.45) is 5.92 Å². The molecule has 2 nitrogen and oxygen atoms in total. The van der Waals surface area contributed by atoms with Gasteiger partial charge in [0.15, 0.2) is 5.76 Å². The second-order valence-electron chi connectivity index (χ2n) is 6.22. The Hall–Kier alpha value is -1.18. The lowest BCUT2D eigenvalue weighted by atomic mass is 10.1. The molecule has 22 heavy (non-hydrogen) atoms. The number of hydrogen-bond donors (Lipinski definition) is 0. The van der Waals surface area contributed by atoms with Crippen LogP contribution in [0.2, 0.25) is 0 Å². The van der Waals surface area contributed by atoms with Crippen molar-refractivity contribution in [1.82, 2.24) is 0 Å². The fraction of sp³-hybridized carbons (Fsp3) is 0.700. The molecule has 0 saturated heterocycles. The molecule has 0 aromatic carbocycles. The molecule has 0 amide bonds. The average Bonchev–Trinajstić information content (AvgIpc) is 2.67. The molecule has 0 saturated carbocycles. The Bertz CT molecular complexity index is 360. The summed E-state index contributed by atoms with van der Waals surface area (Å²) in [6, 6.07) is 0. The summed E-state index contributed by atoms with van der Waals surface area (Å²) >= 11 is 0. The molecule has 0 N–H and O–H groups in total. The quantitative estimate of drug-likeness (QED) is 0.483. The fourth-order valence-corrected chi connectivity index (χ4v) is 2.06. The summed E-state index contributed by atoms with van der Waals surface area (Å²) in [6.45, 7) is 11.7. The van der Waals surface area contributed by atoms with Crippen LogP contribution in [0.25, 0.3) is 0 Å². The smallest absolute Gasteiger partial charge is 0.157 e. The van der Waals surface area contributed by atoms with E-state index in [2.05, 4.69) is 46.8 Å². The highest BCUT2D eigenvalue weighted by Crippen LogP contribution is 2.19. The molecule has 0 bridgehead atoms. The number of ether oxygens (including phenoxy) is 2. The third kappa shape index (κ3) is 10.5. The van der Waals surface area contributed by atoms with E-state index in [4.69, 9.17) is 9.47 Å². The molecule has 1 rings (SSSR count). The molecule has 128 valence electrons. The number of unbranched alkanes of at least 4 members (excludes halogenated alkanes) is 2. The van der Waals surface area contributed by atoms with Gasteiger partial charge in [-0.25, -0.2) is 0 Å². The van der Waals surface area contributed by atoms with E-state index < -0.39 is 0 Å². The molecular formula is C20H36O2. The van der Waals surface area contributed by atoms with E-state index >= 15 is 0 Å². The highest BCUT2D eigenvalue weighted by Gasteiger charge is 2.08. The summed E-state index contributed by atoms with van der Waals surface area (Å²) < 4.78 is 11.2. The molecular weight excluding hydrogens is 272 g/mol. The molecule has 2 heteroatoms. The van der Waals surface area contributed by atoms with Gasteiger partial charge in [-0.1, -0.05) is 64.7 Å². The van der Waals surface area contributed by atoms with Gasteiger partial charge in [0.25, 0.3) is 0 Å². The van der Waals surface area contributed by atoms with Gasteiger partial charge in [-0.15, -0.1) is 0 Å². The van der Waals surface area contributed by atoms with Gasteiger partial charge < -0.3 is 9.47 Å². The second-order valence-corrected chi connectivity index (χ2v) is 6.22. The predicted octanol–water partition coefficient (Wildman–Crippen LogP) is 6.40. The van der Waals surface area contributed by atoms with Crippen molar-refractivity contribution in [3.05, 3.63) is 35.3 Å². The normalized spacial score (nSPS) is 14.2. The van der Waals surface area contributed by atoms with Crippen molar-refractivity contribution in [2.75, 3.05) is 13.7 Å². The highest BCUT2D eigenvalue weighted by atomic mass is 16.5. The highest BCUT2D eigenvalue weighted by molar-refractivity contribution is 5.30. The standard InChI is InChI=1S/C15H24O2.C5H12/c1-12(2)6-5-11-17-15-10-8-13(3)7-9-14(15)16-4;1-3-5-4-2/h7-8,10,12H,5-6,9,11H2,1-4H3;3-5H2,1-2H3. The van der Waals surface area contributed by atoms with Crippen LogP contribution in [0.5, 0.6) is 0 Å². The Morgan fingerprint density at radius 3 is 2.27 bits per heavy atom. The predicted molar refractivity (Wildman–Crippen MR) is 96.8 cm³/mol. The van der Waals surface area contributed by atoms with Crippen molar-refractivity contribution in [3.63, 3.8) is 0 Å². The van der Waals surface area contributed by atoms with Crippen molar-refractivity contribution in [1.29, 1.82) is 0 Å². The first-order valence-electron chi connectivity index (χ1n) is 8.79. The molecule has 0 atom stereocenters. The first kappa shape index (κ1) is 20.8. The van der Waals surface area contributed by atoms with Gasteiger partial charge in [-0.3, -0.25) is 0 Å². The van der Waals surface area contributed by atoms with E-state index in [1.807, 2.05) is 6.08 Å². The van der Waals surface area contributed by atoms with Crippen LogP contribution in [0.1, 0.15) is 73.1 Å². The zero-order chi connectivity index (χ0) is 16.8. The first-order chi connectivity index (χ1) is 10.5. The Morgan fingerprint density at radius 2 is 1.77 bits per heavy atom. The van der Waals surface area contributed by atoms with E-state index in [-0.39, 0.29) is 0 Å². The lowest BCUT2D eigenvalue weighted by Gasteiger charge is -2.11. The number of allylic oxidation sites excluding steroid dienone is 4. The van der Waals surface area contributed by atoms with Gasteiger partial charge in [0.05, 0.1) is 13.7 Å². The van der Waals surface area contributed by atoms with Crippen LogP contribution in [-0.2, 0) is 9.47 Å². The minimum Gasteiger partial charge on any atom is -0.497 e. The molecule has 0 unspecified atom stereocenters. The van der Waals surface area contributed by atoms with Crippen LogP contribution in [0.3, 0.4) is 0 Å². The molecule has 0 radical (unpaired) electrons. The Balaban J connectivity index is 0.000000763. The molecule has 0 fully saturated rings. The van der Waals surface area contributed by atoms with Crippen LogP contribution >= 0.6 is 0 Å². The SMILES string of the molecule is CCCCC.COC1=C(OCCCC(C)C)C=CC(C)=CC1. The van der Waals surface area contributed by atoms with Crippen LogP contribution in [-0.4, -0.2) is 13.7 Å². The number of rotatable bonds is 8. The van der Waals surface area contributed by atoms with Gasteiger partial charge in [0, 0.05) is 6.42 Å². The zero-order valence-corrected chi connectivity index (χ0v) is 15.6. The monoisotopic (exact) mass is 308 g/mol. The molecule has 0 aromatic heterocycles. The van der Waals surface area contributed by atoms with E-state index in [1.54, 1.807) is 7.11 Å². The molecule has 1 aliphatic rings. The minimum absolute atomic E-state index is 0.739. The average molecular weight is 309 g/mol. The molecule has 0 aliphatic heterocycles. The molecule has 1 aliphatic carbocycles. The lowest BCUT2D eigenvalue weighted by molar-refractivity contribution is 0.178. The third-order valence-corrected chi connectivity index (χ3v) is 3.52. The fourth-order valence-electron chi connectivity index (χ4n) is 2.06.